The average molecular weight is 616 g/mol. The maximum Gasteiger partial charge on any atom is 0.407 e. The third-order valence-electron chi connectivity index (χ3n) is 7.13. The first-order valence-electron chi connectivity index (χ1n) is 14.2. The monoisotopic (exact) mass is 615 g/mol. The Morgan fingerprint density at radius 2 is 1.98 bits per heavy atom. The Balaban J connectivity index is 1.44. The lowest BCUT2D eigenvalue weighted by Gasteiger charge is -2.35. The first kappa shape index (κ1) is 30.1. The van der Waals surface area contributed by atoms with Gasteiger partial charge in [-0.25, -0.2) is 19.2 Å². The summed E-state index contributed by atoms with van der Waals surface area (Å²) in [6.45, 7) is 13.3. The number of amides is 1. The van der Waals surface area contributed by atoms with E-state index in [0.29, 0.717) is 41.6 Å². The molecule has 4 aromatic rings. The highest BCUT2D eigenvalue weighted by Crippen LogP contribution is 2.38. The predicted octanol–water partition coefficient (Wildman–Crippen LogP) is 5.85. The number of alkyl carbamates (subject to hydrolysis) is 1. The zero-order valence-electron chi connectivity index (χ0n) is 25.2. The molecule has 1 aromatic carbocycles. The number of carbonyl (C=O) groups is 1. The van der Waals surface area contributed by atoms with E-state index in [9.17, 15) is 4.79 Å². The van der Waals surface area contributed by atoms with Crippen molar-refractivity contribution in [2.45, 2.75) is 70.7 Å². The third-order valence-corrected chi connectivity index (χ3v) is 9.24. The molecule has 42 heavy (non-hydrogen) atoms. The second kappa shape index (κ2) is 11.4. The van der Waals surface area contributed by atoms with E-state index < -0.39 is 32.0 Å². The van der Waals surface area contributed by atoms with Crippen molar-refractivity contribution in [2.75, 3.05) is 24.6 Å². The van der Waals surface area contributed by atoms with Crippen LogP contribution in [0.2, 0.25) is 30.7 Å². The summed E-state index contributed by atoms with van der Waals surface area (Å²) < 4.78 is 23.9. The SMILES string of the molecule is Cn1cc2c(Cl)c(-c3cn(OCC[Si](C)(C)C)c4nc(N5CC[C@H](NC(=O)OC(C)(C)C)[C@@H](F)C5)cnc34)ccc2n1. The number of carbonyl (C=O) groups excluding carboxylic acids is 1. The van der Waals surface area contributed by atoms with E-state index >= 15 is 4.39 Å². The molecule has 1 aliphatic heterocycles. The number of ether oxygens (including phenoxy) is 1. The van der Waals surface area contributed by atoms with Gasteiger partial charge < -0.3 is 19.8 Å². The first-order valence-corrected chi connectivity index (χ1v) is 18.3. The van der Waals surface area contributed by atoms with E-state index in [1.165, 1.54) is 0 Å². The Kier molecular flexibility index (Phi) is 8.14. The molecule has 1 saturated heterocycles. The van der Waals surface area contributed by atoms with Crippen LogP contribution in [0.25, 0.3) is 33.2 Å². The number of hydrogen-bond donors (Lipinski definition) is 1. The molecule has 226 valence electrons. The van der Waals surface area contributed by atoms with Gasteiger partial charge in [-0.2, -0.15) is 9.83 Å². The maximum atomic E-state index is 15.2. The van der Waals surface area contributed by atoms with Crippen LogP contribution in [-0.2, 0) is 11.8 Å². The molecule has 0 spiro atoms. The molecular weight excluding hydrogens is 577 g/mol. The van der Waals surface area contributed by atoms with E-state index in [4.69, 9.17) is 31.1 Å². The highest BCUT2D eigenvalue weighted by molar-refractivity contribution is 6.76. The molecule has 1 amide bonds. The molecule has 1 N–H and O–H groups in total. The smallest absolute Gasteiger partial charge is 0.407 e. The zero-order chi connectivity index (χ0) is 30.4. The minimum atomic E-state index is -1.34. The van der Waals surface area contributed by atoms with Gasteiger partial charge in [-0.3, -0.25) is 4.68 Å². The number of alkyl halides is 1. The number of aromatic nitrogens is 5. The van der Waals surface area contributed by atoms with Crippen molar-refractivity contribution in [3.63, 3.8) is 0 Å². The Labute approximate surface area is 251 Å². The Bertz CT molecular complexity index is 1610. The summed E-state index contributed by atoms with van der Waals surface area (Å²) in [4.78, 5) is 30.0. The van der Waals surface area contributed by atoms with Crippen LogP contribution in [0.3, 0.4) is 0 Å². The number of anilines is 1. The molecule has 3 aromatic heterocycles. The van der Waals surface area contributed by atoms with Crippen molar-refractivity contribution in [3.8, 4) is 11.1 Å². The third kappa shape index (κ3) is 6.64. The fourth-order valence-corrected chi connectivity index (χ4v) is 5.99. The van der Waals surface area contributed by atoms with Crippen LogP contribution >= 0.6 is 11.6 Å². The molecule has 4 heterocycles. The standard InChI is InChI=1S/C29H39ClFN7O3Si/c1-29(2,3)41-28(39)33-23-10-11-37(17-21(23)31)24-14-32-26-19(16-38(27(26)34-24)40-12-13-42(5,6)7)18-8-9-22-20(25(18)30)15-36(4)35-22/h8-9,14-16,21,23H,10-13,17H2,1-7H3,(H,33,39)/t21-,23-/m0/s1. The largest absolute Gasteiger partial charge is 0.444 e. The molecule has 0 unspecified atom stereocenters. The summed E-state index contributed by atoms with van der Waals surface area (Å²) in [6, 6.07) is 4.20. The Morgan fingerprint density at radius 1 is 1.21 bits per heavy atom. The van der Waals surface area contributed by atoms with Gasteiger partial charge in [0.15, 0.2) is 5.65 Å². The zero-order valence-corrected chi connectivity index (χ0v) is 27.0. The summed E-state index contributed by atoms with van der Waals surface area (Å²) in [6.07, 6.45) is 3.90. The van der Waals surface area contributed by atoms with Crippen LogP contribution in [0, 0.1) is 0 Å². The lowest BCUT2D eigenvalue weighted by molar-refractivity contribution is 0.0463. The average Bonchev–Trinajstić information content (AvgIpc) is 3.44. The molecule has 5 rings (SSSR count). The highest BCUT2D eigenvalue weighted by atomic mass is 35.5. The molecule has 0 saturated carbocycles. The highest BCUT2D eigenvalue weighted by Gasteiger charge is 2.33. The van der Waals surface area contributed by atoms with Gasteiger partial charge in [-0.15, -0.1) is 0 Å². The van der Waals surface area contributed by atoms with Gasteiger partial charge in [0, 0.05) is 44.4 Å². The number of aryl methyl sites for hydroxylation is 1. The molecule has 0 bridgehead atoms. The topological polar surface area (TPSA) is 99.3 Å². The summed E-state index contributed by atoms with van der Waals surface area (Å²) in [7, 11) is 0.517. The summed E-state index contributed by atoms with van der Waals surface area (Å²) in [5, 5.41) is 8.55. The van der Waals surface area contributed by atoms with Crippen molar-refractivity contribution in [1.82, 2.24) is 29.8 Å². The number of piperidine rings is 1. The quantitative estimate of drug-likeness (QED) is 0.261. The summed E-state index contributed by atoms with van der Waals surface area (Å²) >= 11 is 6.88. The van der Waals surface area contributed by atoms with Gasteiger partial charge in [0.2, 0.25) is 0 Å². The number of fused-ring (bicyclic) bond motifs is 2. The van der Waals surface area contributed by atoms with Gasteiger partial charge in [0.05, 0.1) is 35.5 Å². The second-order valence-electron chi connectivity index (χ2n) is 13.1. The van der Waals surface area contributed by atoms with Crippen LogP contribution in [0.15, 0.2) is 30.7 Å². The van der Waals surface area contributed by atoms with Crippen molar-refractivity contribution in [2.24, 2.45) is 7.05 Å². The van der Waals surface area contributed by atoms with Crippen molar-refractivity contribution < 1.29 is 18.8 Å². The normalized spacial score (nSPS) is 18.1. The van der Waals surface area contributed by atoms with E-state index in [2.05, 4.69) is 30.1 Å². The summed E-state index contributed by atoms with van der Waals surface area (Å²) in [5.41, 5.74) is 2.91. The summed E-state index contributed by atoms with van der Waals surface area (Å²) in [5.74, 6) is 0.536. The number of hydrogen-bond acceptors (Lipinski definition) is 7. The maximum absolute atomic E-state index is 15.2. The van der Waals surface area contributed by atoms with Gasteiger partial charge >= 0.3 is 6.09 Å². The molecule has 0 radical (unpaired) electrons. The van der Waals surface area contributed by atoms with Crippen LogP contribution < -0.4 is 15.1 Å². The van der Waals surface area contributed by atoms with E-state index in [0.717, 1.165) is 28.1 Å². The van der Waals surface area contributed by atoms with Crippen molar-refractivity contribution in [3.05, 3.63) is 35.7 Å². The fraction of sp³-hybridized carbons (Fsp3) is 0.517. The fourth-order valence-electron chi connectivity index (χ4n) is 4.97. The van der Waals surface area contributed by atoms with Crippen LogP contribution in [0.5, 0.6) is 0 Å². The van der Waals surface area contributed by atoms with E-state index in [1.807, 2.05) is 36.5 Å². The Morgan fingerprint density at radius 3 is 2.67 bits per heavy atom. The molecule has 1 fully saturated rings. The van der Waals surface area contributed by atoms with Gasteiger partial charge in [-0.05, 0) is 39.3 Å². The van der Waals surface area contributed by atoms with Crippen molar-refractivity contribution in [1.29, 1.82) is 0 Å². The lowest BCUT2D eigenvalue weighted by Crippen LogP contribution is -2.53. The second-order valence-corrected chi connectivity index (χ2v) is 19.1. The Hall–Kier alpha value is -3.38. The minimum Gasteiger partial charge on any atom is -0.444 e. The molecule has 13 heteroatoms. The number of halogens is 2. The number of rotatable bonds is 7. The number of nitrogens with zero attached hydrogens (tertiary/aromatic N) is 6. The minimum absolute atomic E-state index is 0.0637. The van der Waals surface area contributed by atoms with Gasteiger partial charge in [0.25, 0.3) is 0 Å². The van der Waals surface area contributed by atoms with E-state index in [-0.39, 0.29) is 6.54 Å². The number of nitrogens with one attached hydrogen (secondary N) is 1. The van der Waals surface area contributed by atoms with Gasteiger partial charge in [0.1, 0.15) is 29.7 Å². The van der Waals surface area contributed by atoms with E-state index in [1.54, 1.807) is 36.4 Å². The molecule has 10 nitrogen and oxygen atoms in total. The van der Waals surface area contributed by atoms with Crippen LogP contribution in [0.1, 0.15) is 27.2 Å². The van der Waals surface area contributed by atoms with Crippen molar-refractivity contribution >= 4 is 53.7 Å². The lowest BCUT2D eigenvalue weighted by atomic mass is 10.0. The number of benzene rings is 1. The first-order chi connectivity index (χ1) is 19.7. The van der Waals surface area contributed by atoms with Crippen LogP contribution in [0.4, 0.5) is 15.0 Å². The predicted molar refractivity (Wildman–Crippen MR) is 167 cm³/mol. The molecule has 2 atom stereocenters. The molecular formula is C29H39ClFN7O3Si. The van der Waals surface area contributed by atoms with Gasteiger partial charge in [-0.1, -0.05) is 37.3 Å². The molecule has 1 aliphatic rings. The molecule has 0 aliphatic carbocycles. The van der Waals surface area contributed by atoms with Crippen LogP contribution in [-0.4, -0.2) is 76.2 Å².